The van der Waals surface area contributed by atoms with Gasteiger partial charge in [0.05, 0.1) is 4.90 Å². The summed E-state index contributed by atoms with van der Waals surface area (Å²) < 4.78 is 25.3. The van der Waals surface area contributed by atoms with Crippen molar-refractivity contribution in [2.75, 3.05) is 32.1 Å². The second kappa shape index (κ2) is 7.73. The normalized spacial score (nSPS) is 16.0. The molecule has 0 saturated carbocycles. The van der Waals surface area contributed by atoms with E-state index >= 15 is 0 Å². The molecular weight excluding hydrogens is 372 g/mol. The second-order valence-electron chi connectivity index (χ2n) is 6.36. The van der Waals surface area contributed by atoms with E-state index in [1.165, 1.54) is 26.2 Å². The van der Waals surface area contributed by atoms with Crippen LogP contribution in [0.1, 0.15) is 23.2 Å². The number of carbonyl (C=O) groups excluding carboxylic acids is 1. The monoisotopic (exact) mass is 394 g/mol. The molecular formula is C17H22N4O3S2. The van der Waals surface area contributed by atoms with Crippen LogP contribution in [0.4, 0.5) is 5.13 Å². The zero-order chi connectivity index (χ0) is 18.7. The number of hydrogen-bond acceptors (Lipinski definition) is 6. The molecule has 1 amide bonds. The zero-order valence-electron chi connectivity index (χ0n) is 14.8. The molecule has 9 heteroatoms. The van der Waals surface area contributed by atoms with Gasteiger partial charge in [0.2, 0.25) is 10.0 Å². The highest BCUT2D eigenvalue weighted by atomic mass is 32.2. The van der Waals surface area contributed by atoms with E-state index in [2.05, 4.69) is 15.2 Å². The summed E-state index contributed by atoms with van der Waals surface area (Å²) in [6.45, 7) is 1.72. The highest BCUT2D eigenvalue weighted by Crippen LogP contribution is 2.22. The number of piperidine rings is 1. The van der Waals surface area contributed by atoms with Gasteiger partial charge in [0.15, 0.2) is 5.13 Å². The molecule has 2 aromatic rings. The number of aromatic nitrogens is 1. The first-order chi connectivity index (χ1) is 12.4. The van der Waals surface area contributed by atoms with Crippen molar-refractivity contribution in [2.24, 2.45) is 0 Å². The van der Waals surface area contributed by atoms with Crippen molar-refractivity contribution in [1.82, 2.24) is 14.6 Å². The average molecular weight is 395 g/mol. The minimum absolute atomic E-state index is 0.115. The van der Waals surface area contributed by atoms with E-state index < -0.39 is 10.0 Å². The molecule has 1 aliphatic rings. The van der Waals surface area contributed by atoms with Crippen molar-refractivity contribution in [3.05, 3.63) is 41.4 Å². The Labute approximate surface area is 157 Å². The molecule has 1 aliphatic heterocycles. The van der Waals surface area contributed by atoms with Crippen molar-refractivity contribution >= 4 is 32.4 Å². The Morgan fingerprint density at radius 3 is 2.42 bits per heavy atom. The quantitative estimate of drug-likeness (QED) is 0.836. The van der Waals surface area contributed by atoms with Crippen molar-refractivity contribution in [3.63, 3.8) is 0 Å². The molecule has 7 nitrogen and oxygen atoms in total. The van der Waals surface area contributed by atoms with E-state index in [1.54, 1.807) is 29.7 Å². The van der Waals surface area contributed by atoms with Crippen LogP contribution in [0.2, 0.25) is 0 Å². The lowest BCUT2D eigenvalue weighted by Crippen LogP contribution is -2.44. The van der Waals surface area contributed by atoms with Crippen molar-refractivity contribution < 1.29 is 13.2 Å². The molecule has 1 aromatic heterocycles. The molecule has 0 radical (unpaired) electrons. The van der Waals surface area contributed by atoms with Crippen molar-refractivity contribution in [2.45, 2.75) is 23.8 Å². The van der Waals surface area contributed by atoms with Crippen LogP contribution in [0.25, 0.3) is 0 Å². The Balaban J connectivity index is 1.57. The van der Waals surface area contributed by atoms with Gasteiger partial charge in [-0.15, -0.1) is 11.3 Å². The molecule has 26 heavy (non-hydrogen) atoms. The molecule has 0 spiro atoms. The maximum atomic E-state index is 12.4. The lowest BCUT2D eigenvalue weighted by molar-refractivity contribution is 0.0931. The van der Waals surface area contributed by atoms with Crippen LogP contribution >= 0.6 is 11.3 Å². The fourth-order valence-corrected chi connectivity index (χ4v) is 4.44. The number of amides is 1. The van der Waals surface area contributed by atoms with E-state index in [0.717, 1.165) is 35.4 Å². The van der Waals surface area contributed by atoms with Crippen molar-refractivity contribution in [1.29, 1.82) is 0 Å². The number of benzene rings is 1. The highest BCUT2D eigenvalue weighted by molar-refractivity contribution is 7.89. The fraction of sp³-hybridized carbons (Fsp3) is 0.412. The van der Waals surface area contributed by atoms with Gasteiger partial charge in [-0.3, -0.25) is 4.79 Å². The molecule has 1 aromatic carbocycles. The van der Waals surface area contributed by atoms with Crippen molar-refractivity contribution in [3.8, 4) is 0 Å². The van der Waals surface area contributed by atoms with Gasteiger partial charge in [-0.25, -0.2) is 17.7 Å². The van der Waals surface area contributed by atoms with Gasteiger partial charge >= 0.3 is 0 Å². The molecule has 0 aliphatic carbocycles. The van der Waals surface area contributed by atoms with Gasteiger partial charge in [-0.1, -0.05) is 0 Å². The Morgan fingerprint density at radius 2 is 1.88 bits per heavy atom. The van der Waals surface area contributed by atoms with Gasteiger partial charge in [0, 0.05) is 50.4 Å². The van der Waals surface area contributed by atoms with E-state index in [-0.39, 0.29) is 16.8 Å². The molecule has 3 rings (SSSR count). The number of anilines is 1. The first-order valence-electron chi connectivity index (χ1n) is 8.36. The predicted octanol–water partition coefficient (Wildman–Crippen LogP) is 1.79. The predicted molar refractivity (Wildman–Crippen MR) is 102 cm³/mol. The summed E-state index contributed by atoms with van der Waals surface area (Å²) >= 11 is 1.62. The van der Waals surface area contributed by atoms with Crippen LogP contribution in [0.5, 0.6) is 0 Å². The van der Waals surface area contributed by atoms with Gasteiger partial charge < -0.3 is 10.2 Å². The molecule has 1 fully saturated rings. The summed E-state index contributed by atoms with van der Waals surface area (Å²) in [5, 5.41) is 6.02. The maximum Gasteiger partial charge on any atom is 0.251 e. The molecule has 0 atom stereocenters. The van der Waals surface area contributed by atoms with E-state index in [9.17, 15) is 13.2 Å². The minimum atomic E-state index is -3.48. The summed E-state index contributed by atoms with van der Waals surface area (Å²) in [4.78, 5) is 19.1. The lowest BCUT2D eigenvalue weighted by atomic mass is 10.0. The Bertz CT molecular complexity index is 841. The first kappa shape index (κ1) is 18.8. The number of carbonyl (C=O) groups is 1. The smallest absolute Gasteiger partial charge is 0.251 e. The number of thiazole rings is 1. The SMILES string of the molecule is CN(C)S(=O)(=O)c1ccc(C(=O)NC2CCN(c3nccs3)CC2)cc1. The number of nitrogens with one attached hydrogen (secondary N) is 1. The molecule has 0 unspecified atom stereocenters. The topological polar surface area (TPSA) is 82.6 Å². The number of sulfonamides is 1. The van der Waals surface area contributed by atoms with Crippen LogP contribution in [-0.2, 0) is 10.0 Å². The van der Waals surface area contributed by atoms with Gasteiger partial charge in [0.25, 0.3) is 5.91 Å². The van der Waals surface area contributed by atoms with Crippen LogP contribution in [0.3, 0.4) is 0 Å². The van der Waals surface area contributed by atoms with Crippen LogP contribution < -0.4 is 10.2 Å². The third-order valence-electron chi connectivity index (χ3n) is 4.42. The second-order valence-corrected chi connectivity index (χ2v) is 9.39. The first-order valence-corrected chi connectivity index (χ1v) is 10.7. The molecule has 2 heterocycles. The summed E-state index contributed by atoms with van der Waals surface area (Å²) in [5.41, 5.74) is 0.463. The van der Waals surface area contributed by atoms with E-state index in [0.29, 0.717) is 5.56 Å². The standard InChI is InChI=1S/C17H22N4O3S2/c1-20(2)26(23,24)15-5-3-13(4-6-15)16(22)19-14-7-10-21(11-8-14)17-18-9-12-25-17/h3-6,9,12,14H,7-8,10-11H2,1-2H3,(H,19,22). The van der Waals surface area contributed by atoms with Gasteiger partial charge in [0.1, 0.15) is 0 Å². The third-order valence-corrected chi connectivity index (χ3v) is 7.08. The summed E-state index contributed by atoms with van der Waals surface area (Å²) in [6.07, 6.45) is 3.52. The minimum Gasteiger partial charge on any atom is -0.349 e. The van der Waals surface area contributed by atoms with Gasteiger partial charge in [-0.05, 0) is 37.1 Å². The Kier molecular flexibility index (Phi) is 5.59. The van der Waals surface area contributed by atoms with Gasteiger partial charge in [-0.2, -0.15) is 0 Å². The van der Waals surface area contributed by atoms with E-state index in [4.69, 9.17) is 0 Å². The molecule has 0 bridgehead atoms. The summed E-state index contributed by atoms with van der Waals surface area (Å²) in [5.74, 6) is -0.175. The Morgan fingerprint density at radius 1 is 1.23 bits per heavy atom. The van der Waals surface area contributed by atoms with Crippen LogP contribution in [-0.4, -0.2) is 56.8 Å². The van der Waals surface area contributed by atoms with Crippen LogP contribution in [0.15, 0.2) is 40.7 Å². The zero-order valence-corrected chi connectivity index (χ0v) is 16.4. The number of hydrogen-bond donors (Lipinski definition) is 1. The Hall–Kier alpha value is -1.97. The summed E-state index contributed by atoms with van der Waals surface area (Å²) in [7, 11) is -0.523. The molecule has 1 N–H and O–H groups in total. The largest absolute Gasteiger partial charge is 0.349 e. The molecule has 140 valence electrons. The lowest BCUT2D eigenvalue weighted by Gasteiger charge is -2.32. The number of nitrogens with zero attached hydrogens (tertiary/aromatic N) is 3. The summed E-state index contributed by atoms with van der Waals surface area (Å²) in [6, 6.07) is 6.15. The van der Waals surface area contributed by atoms with E-state index in [1.807, 2.05) is 5.38 Å². The highest BCUT2D eigenvalue weighted by Gasteiger charge is 2.23. The fourth-order valence-electron chi connectivity index (χ4n) is 2.85. The van der Waals surface area contributed by atoms with Crippen LogP contribution in [0, 0.1) is 0 Å². The molecule has 1 saturated heterocycles. The average Bonchev–Trinajstić information content (AvgIpc) is 3.17. The number of rotatable bonds is 5. The maximum absolute atomic E-state index is 12.4. The third kappa shape index (κ3) is 4.05.